The van der Waals surface area contributed by atoms with Crippen molar-refractivity contribution in [2.45, 2.75) is 19.8 Å². The van der Waals surface area contributed by atoms with Crippen LogP contribution in [0, 0.1) is 3.57 Å². The summed E-state index contributed by atoms with van der Waals surface area (Å²) in [7, 11) is 0. The summed E-state index contributed by atoms with van der Waals surface area (Å²) in [5.41, 5.74) is 2.09. The molecule has 0 fully saturated rings. The molecule has 2 heterocycles. The minimum absolute atomic E-state index is 0.746. The van der Waals surface area contributed by atoms with Crippen LogP contribution in [0.1, 0.15) is 19.0 Å². The summed E-state index contributed by atoms with van der Waals surface area (Å²) in [4.78, 5) is 4.32. The Morgan fingerprint density at radius 3 is 3.07 bits per heavy atom. The average Bonchev–Trinajstić information content (AvgIpc) is 2.57. The van der Waals surface area contributed by atoms with Gasteiger partial charge in [0.2, 0.25) is 0 Å². The first kappa shape index (κ1) is 10.2. The molecule has 0 aliphatic carbocycles. The highest BCUT2D eigenvalue weighted by Gasteiger charge is 2.07. The van der Waals surface area contributed by atoms with Crippen molar-refractivity contribution in [2.24, 2.45) is 0 Å². The van der Waals surface area contributed by atoms with Gasteiger partial charge in [-0.3, -0.25) is 0 Å². The molecular weight excluding hydrogens is 310 g/mol. The molecule has 0 spiro atoms. The summed E-state index contributed by atoms with van der Waals surface area (Å²) in [6.07, 6.45) is 6.09. The third kappa shape index (κ3) is 1.63. The molecule has 2 aromatic heterocycles. The van der Waals surface area contributed by atoms with E-state index in [1.807, 2.05) is 18.5 Å². The maximum atomic E-state index is 6.15. The zero-order chi connectivity index (χ0) is 10.1. The van der Waals surface area contributed by atoms with Crippen molar-refractivity contribution in [3.05, 3.63) is 32.7 Å². The number of aromatic nitrogens is 2. The molecule has 2 rings (SSSR count). The van der Waals surface area contributed by atoms with Gasteiger partial charge in [-0.05, 0) is 35.1 Å². The third-order valence-electron chi connectivity index (χ3n) is 2.16. The molecule has 14 heavy (non-hydrogen) atoms. The summed E-state index contributed by atoms with van der Waals surface area (Å²) >= 11 is 8.37. The summed E-state index contributed by atoms with van der Waals surface area (Å²) in [6, 6.07) is 2.01. The lowest BCUT2D eigenvalue weighted by molar-refractivity contribution is 0.867. The van der Waals surface area contributed by atoms with Crippen molar-refractivity contribution in [1.82, 2.24) is 9.38 Å². The fraction of sp³-hybridized carbons (Fsp3) is 0.300. The molecule has 0 N–H and O–H groups in total. The molecule has 0 saturated carbocycles. The van der Waals surface area contributed by atoms with Gasteiger partial charge in [0.15, 0.2) is 5.65 Å². The first-order chi connectivity index (χ1) is 6.74. The normalized spacial score (nSPS) is 11.1. The third-order valence-corrected chi connectivity index (χ3v) is 3.75. The largest absolute Gasteiger partial charge is 0.303 e. The molecule has 4 heteroatoms. The van der Waals surface area contributed by atoms with Crippen molar-refractivity contribution in [1.29, 1.82) is 0 Å². The number of halogens is 2. The molecule has 0 amide bonds. The lowest BCUT2D eigenvalue weighted by atomic mass is 10.3. The topological polar surface area (TPSA) is 17.3 Å². The van der Waals surface area contributed by atoms with E-state index in [9.17, 15) is 0 Å². The van der Waals surface area contributed by atoms with Gasteiger partial charge in [-0.1, -0.05) is 24.9 Å². The molecule has 0 aliphatic rings. The van der Waals surface area contributed by atoms with Crippen LogP contribution in [-0.2, 0) is 6.42 Å². The summed E-state index contributed by atoms with van der Waals surface area (Å²) < 4.78 is 3.11. The van der Waals surface area contributed by atoms with Crippen LogP contribution in [0.15, 0.2) is 18.5 Å². The molecule has 2 aromatic rings. The van der Waals surface area contributed by atoms with Crippen molar-refractivity contribution >= 4 is 39.8 Å². The van der Waals surface area contributed by atoms with Crippen LogP contribution in [0.5, 0.6) is 0 Å². The second-order valence-electron chi connectivity index (χ2n) is 3.17. The number of imidazole rings is 1. The molecule has 0 radical (unpaired) electrons. The Morgan fingerprint density at radius 1 is 1.57 bits per heavy atom. The Bertz CT molecular complexity index is 464. The van der Waals surface area contributed by atoms with Crippen LogP contribution in [0.25, 0.3) is 5.65 Å². The predicted octanol–water partition coefficient (Wildman–Crippen LogP) is 3.54. The highest BCUT2D eigenvalue weighted by molar-refractivity contribution is 14.1. The number of rotatable bonds is 2. The second kappa shape index (κ2) is 4.06. The van der Waals surface area contributed by atoms with E-state index in [1.165, 1.54) is 5.69 Å². The van der Waals surface area contributed by atoms with Crippen LogP contribution in [0.3, 0.4) is 0 Å². The van der Waals surface area contributed by atoms with Gasteiger partial charge < -0.3 is 4.40 Å². The van der Waals surface area contributed by atoms with Crippen molar-refractivity contribution in [2.75, 3.05) is 0 Å². The highest BCUT2D eigenvalue weighted by Crippen LogP contribution is 2.23. The maximum absolute atomic E-state index is 6.15. The van der Waals surface area contributed by atoms with E-state index >= 15 is 0 Å². The first-order valence-corrected chi connectivity index (χ1v) is 5.99. The molecule has 74 valence electrons. The lowest BCUT2D eigenvalue weighted by Gasteiger charge is -2.01. The molecule has 2 nitrogen and oxygen atoms in total. The monoisotopic (exact) mass is 320 g/mol. The molecule has 0 aliphatic heterocycles. The Morgan fingerprint density at radius 2 is 2.36 bits per heavy atom. The number of hydrogen-bond acceptors (Lipinski definition) is 1. The van der Waals surface area contributed by atoms with Crippen LogP contribution in [0.4, 0.5) is 0 Å². The predicted molar refractivity (Wildman–Crippen MR) is 66.9 cm³/mol. The molecule has 0 aromatic carbocycles. The zero-order valence-corrected chi connectivity index (χ0v) is 10.7. The van der Waals surface area contributed by atoms with E-state index in [0.717, 1.165) is 27.1 Å². The smallest absolute Gasteiger partial charge is 0.156 e. The SMILES string of the molecule is CCCc1cnc2c(Cl)c(I)ccn12. The maximum Gasteiger partial charge on any atom is 0.156 e. The summed E-state index contributed by atoms with van der Waals surface area (Å²) in [5.74, 6) is 0. The fourth-order valence-electron chi connectivity index (χ4n) is 1.49. The molecule has 0 unspecified atom stereocenters. The molecule has 0 atom stereocenters. The van der Waals surface area contributed by atoms with Crippen LogP contribution in [-0.4, -0.2) is 9.38 Å². The Balaban J connectivity index is 2.64. The summed E-state index contributed by atoms with van der Waals surface area (Å²) in [6.45, 7) is 2.16. The van der Waals surface area contributed by atoms with E-state index in [-0.39, 0.29) is 0 Å². The van der Waals surface area contributed by atoms with Gasteiger partial charge >= 0.3 is 0 Å². The van der Waals surface area contributed by atoms with Crippen LogP contribution < -0.4 is 0 Å². The molecule has 0 saturated heterocycles. The number of hydrogen-bond donors (Lipinski definition) is 0. The second-order valence-corrected chi connectivity index (χ2v) is 4.71. The van der Waals surface area contributed by atoms with E-state index in [4.69, 9.17) is 11.6 Å². The standard InChI is InChI=1S/C10H10ClIN2/c1-2-3-7-6-13-10-9(11)8(12)4-5-14(7)10/h4-6H,2-3H2,1H3. The highest BCUT2D eigenvalue weighted by atomic mass is 127. The Kier molecular flexibility index (Phi) is 2.97. The number of fused-ring (bicyclic) bond motifs is 1. The van der Waals surface area contributed by atoms with E-state index < -0.39 is 0 Å². The van der Waals surface area contributed by atoms with Gasteiger partial charge in [-0.25, -0.2) is 4.98 Å². The lowest BCUT2D eigenvalue weighted by Crippen LogP contribution is -1.93. The van der Waals surface area contributed by atoms with E-state index in [1.54, 1.807) is 0 Å². The number of nitrogens with zero attached hydrogens (tertiary/aromatic N) is 2. The van der Waals surface area contributed by atoms with Crippen LogP contribution in [0.2, 0.25) is 5.02 Å². The first-order valence-electron chi connectivity index (χ1n) is 4.54. The summed E-state index contributed by atoms with van der Waals surface area (Å²) in [5, 5.41) is 0.746. The van der Waals surface area contributed by atoms with Gasteiger partial charge in [0, 0.05) is 21.7 Å². The minimum atomic E-state index is 0.746. The quantitative estimate of drug-likeness (QED) is 0.774. The van der Waals surface area contributed by atoms with Crippen molar-refractivity contribution in [3.8, 4) is 0 Å². The van der Waals surface area contributed by atoms with Gasteiger partial charge in [0.05, 0.1) is 5.02 Å². The van der Waals surface area contributed by atoms with E-state index in [2.05, 4.69) is 38.9 Å². The molecule has 0 bridgehead atoms. The van der Waals surface area contributed by atoms with Crippen molar-refractivity contribution in [3.63, 3.8) is 0 Å². The Labute approximate surface area is 101 Å². The average molecular weight is 321 g/mol. The Hall–Kier alpha value is -0.290. The van der Waals surface area contributed by atoms with Crippen LogP contribution >= 0.6 is 34.2 Å². The zero-order valence-electron chi connectivity index (χ0n) is 7.80. The fourth-order valence-corrected chi connectivity index (χ4v) is 2.09. The molecular formula is C10H10ClIN2. The van der Waals surface area contributed by atoms with Gasteiger partial charge in [0.1, 0.15) is 0 Å². The minimum Gasteiger partial charge on any atom is -0.303 e. The number of pyridine rings is 1. The van der Waals surface area contributed by atoms with Gasteiger partial charge in [0.25, 0.3) is 0 Å². The van der Waals surface area contributed by atoms with Gasteiger partial charge in [-0.15, -0.1) is 0 Å². The van der Waals surface area contributed by atoms with Crippen molar-refractivity contribution < 1.29 is 0 Å². The van der Waals surface area contributed by atoms with E-state index in [0.29, 0.717) is 0 Å². The van der Waals surface area contributed by atoms with Gasteiger partial charge in [-0.2, -0.15) is 0 Å². The number of aryl methyl sites for hydroxylation is 1.